The first kappa shape index (κ1) is 27.3. The third-order valence-corrected chi connectivity index (χ3v) is 8.86. The Bertz CT molecular complexity index is 1160. The van der Waals surface area contributed by atoms with Crippen LogP contribution in [-0.2, 0) is 9.59 Å². The fourth-order valence-electron chi connectivity index (χ4n) is 6.72. The monoisotopic (exact) mass is 534 g/mol. The van der Waals surface area contributed by atoms with E-state index in [0.717, 1.165) is 37.8 Å². The fourth-order valence-corrected chi connectivity index (χ4v) is 6.72. The summed E-state index contributed by atoms with van der Waals surface area (Å²) in [5, 5.41) is 10.5. The Morgan fingerprint density at radius 2 is 1.92 bits per heavy atom. The summed E-state index contributed by atoms with van der Waals surface area (Å²) in [5.41, 5.74) is 1.83. The normalized spacial score (nSPS) is 28.7. The lowest BCUT2D eigenvalue weighted by atomic mass is 9.77. The largest absolute Gasteiger partial charge is 0.353 e. The van der Waals surface area contributed by atoms with Gasteiger partial charge in [-0.15, -0.1) is 0 Å². The van der Waals surface area contributed by atoms with Crippen LogP contribution < -0.4 is 5.32 Å². The molecule has 210 valence electrons. The van der Waals surface area contributed by atoms with Gasteiger partial charge < -0.3 is 15.1 Å². The Labute approximate surface area is 231 Å². The summed E-state index contributed by atoms with van der Waals surface area (Å²) < 4.78 is 0. The molecule has 0 aliphatic carbocycles. The van der Waals surface area contributed by atoms with Crippen molar-refractivity contribution in [3.05, 3.63) is 36.2 Å². The van der Waals surface area contributed by atoms with Crippen LogP contribution in [0.3, 0.4) is 0 Å². The van der Waals surface area contributed by atoms with Crippen molar-refractivity contribution >= 4 is 17.7 Å². The van der Waals surface area contributed by atoms with Crippen LogP contribution in [0.1, 0.15) is 76.2 Å². The van der Waals surface area contributed by atoms with E-state index < -0.39 is 0 Å². The second-order valence-corrected chi connectivity index (χ2v) is 12.3. The number of aromatic nitrogens is 3. The van der Waals surface area contributed by atoms with Gasteiger partial charge in [-0.3, -0.25) is 24.5 Å². The molecule has 5 rings (SSSR count). The summed E-state index contributed by atoms with van der Waals surface area (Å²) in [6.45, 7) is 8.38. The van der Waals surface area contributed by atoms with Crippen molar-refractivity contribution in [3.8, 4) is 11.4 Å². The summed E-state index contributed by atoms with van der Waals surface area (Å²) >= 11 is 0. The van der Waals surface area contributed by atoms with Crippen molar-refractivity contribution < 1.29 is 14.4 Å². The van der Waals surface area contributed by atoms with Gasteiger partial charge in [-0.05, 0) is 74.0 Å². The SMILES string of the molecule is CC(C)[C@@H]1CC[C@@H](C)CC(=O)N2C[C@H]3C[C@H](CN(C(=O)c4cc(-c5ccccn5)n[nH]4)C3)[C@@H]2CCCC(=O)N1. The highest BCUT2D eigenvalue weighted by molar-refractivity contribution is 5.93. The number of hydrogen-bond acceptors (Lipinski definition) is 5. The van der Waals surface area contributed by atoms with Gasteiger partial charge >= 0.3 is 0 Å². The average molecular weight is 535 g/mol. The van der Waals surface area contributed by atoms with Gasteiger partial charge in [0.25, 0.3) is 5.91 Å². The molecule has 2 N–H and O–H groups in total. The van der Waals surface area contributed by atoms with Gasteiger partial charge in [-0.1, -0.05) is 26.8 Å². The smallest absolute Gasteiger partial charge is 0.271 e. The van der Waals surface area contributed by atoms with E-state index in [4.69, 9.17) is 0 Å². The number of nitrogens with zero attached hydrogens (tertiary/aromatic N) is 4. The zero-order chi connectivity index (χ0) is 27.5. The second kappa shape index (κ2) is 11.9. The van der Waals surface area contributed by atoms with Crippen molar-refractivity contribution in [1.82, 2.24) is 30.3 Å². The molecule has 3 aliphatic rings. The standard InChI is InChI=1S/C30H42N6O3/c1-19(2)23-11-10-20(3)13-29(38)36-17-21-14-22(27(36)8-6-9-28(37)32-23)18-35(16-21)30(39)26-15-25(33-34-26)24-7-4-5-12-31-24/h4-5,7,12,15,19-23,27H,6,8-11,13-14,16-18H2,1-3H3,(H,32,37)(H,33,34)/t20-,21+,22-,23+,27+/m1/s1. The summed E-state index contributed by atoms with van der Waals surface area (Å²) in [4.78, 5) is 48.2. The van der Waals surface area contributed by atoms with Crippen LogP contribution in [-0.4, -0.2) is 74.4 Å². The van der Waals surface area contributed by atoms with Gasteiger partial charge in [0.2, 0.25) is 11.8 Å². The first-order valence-corrected chi connectivity index (χ1v) is 14.6. The molecule has 3 amide bonds. The number of H-pyrrole nitrogens is 1. The van der Waals surface area contributed by atoms with Crippen molar-refractivity contribution in [1.29, 1.82) is 0 Å². The summed E-state index contributed by atoms with van der Waals surface area (Å²) in [5.74, 6) is 1.38. The molecule has 2 aromatic rings. The number of carbonyl (C=O) groups excluding carboxylic acids is 3. The third-order valence-electron chi connectivity index (χ3n) is 8.86. The van der Waals surface area contributed by atoms with Crippen LogP contribution in [0.5, 0.6) is 0 Å². The average Bonchev–Trinajstić information content (AvgIpc) is 3.42. The summed E-state index contributed by atoms with van der Waals surface area (Å²) in [7, 11) is 0. The molecule has 39 heavy (non-hydrogen) atoms. The highest BCUT2D eigenvalue weighted by Gasteiger charge is 2.44. The molecule has 3 saturated heterocycles. The Hall–Kier alpha value is -3.23. The number of nitrogens with one attached hydrogen (secondary N) is 2. The van der Waals surface area contributed by atoms with Gasteiger partial charge in [0, 0.05) is 50.8 Å². The molecule has 9 heteroatoms. The van der Waals surface area contributed by atoms with E-state index in [9.17, 15) is 14.4 Å². The number of hydrogen-bond donors (Lipinski definition) is 2. The van der Waals surface area contributed by atoms with Crippen molar-refractivity contribution in [3.63, 3.8) is 0 Å². The molecule has 2 aromatic heterocycles. The summed E-state index contributed by atoms with van der Waals surface area (Å²) in [6.07, 6.45) is 7.09. The highest BCUT2D eigenvalue weighted by Crippen LogP contribution is 2.37. The number of pyridine rings is 1. The van der Waals surface area contributed by atoms with Crippen LogP contribution in [0.15, 0.2) is 30.5 Å². The minimum atomic E-state index is -0.0588. The fraction of sp³-hybridized carbons (Fsp3) is 0.633. The number of carbonyl (C=O) groups is 3. The van der Waals surface area contributed by atoms with Gasteiger partial charge in [-0.25, -0.2) is 0 Å². The van der Waals surface area contributed by atoms with Gasteiger partial charge in [0.05, 0.1) is 5.69 Å². The van der Waals surface area contributed by atoms with E-state index in [1.54, 1.807) is 12.3 Å². The van der Waals surface area contributed by atoms with Crippen molar-refractivity contribution in [2.45, 2.75) is 77.8 Å². The van der Waals surface area contributed by atoms with Gasteiger partial charge in [0.15, 0.2) is 0 Å². The lowest BCUT2D eigenvalue weighted by Gasteiger charge is -2.51. The van der Waals surface area contributed by atoms with Crippen molar-refractivity contribution in [2.75, 3.05) is 19.6 Å². The Morgan fingerprint density at radius 3 is 2.69 bits per heavy atom. The van der Waals surface area contributed by atoms with Crippen LogP contribution in [0.25, 0.3) is 11.4 Å². The first-order chi connectivity index (χ1) is 18.8. The van der Waals surface area contributed by atoms with Crippen molar-refractivity contribution in [2.24, 2.45) is 23.7 Å². The maximum atomic E-state index is 13.6. The molecule has 9 nitrogen and oxygen atoms in total. The molecular weight excluding hydrogens is 492 g/mol. The molecule has 5 atom stereocenters. The molecule has 3 fully saturated rings. The maximum absolute atomic E-state index is 13.6. The second-order valence-electron chi connectivity index (χ2n) is 12.3. The van der Waals surface area contributed by atoms with Crippen LogP contribution in [0.4, 0.5) is 0 Å². The predicted molar refractivity (Wildman–Crippen MR) is 148 cm³/mol. The van der Waals surface area contributed by atoms with E-state index in [0.29, 0.717) is 49.8 Å². The first-order valence-electron chi connectivity index (χ1n) is 14.6. The van der Waals surface area contributed by atoms with Crippen LogP contribution >= 0.6 is 0 Å². The molecular formula is C30H42N6O3. The summed E-state index contributed by atoms with van der Waals surface area (Å²) in [6, 6.07) is 7.59. The zero-order valence-electron chi connectivity index (χ0n) is 23.4. The number of amides is 3. The Morgan fingerprint density at radius 1 is 1.08 bits per heavy atom. The molecule has 0 spiro atoms. The molecule has 3 aliphatic heterocycles. The third kappa shape index (κ3) is 6.34. The predicted octanol–water partition coefficient (Wildman–Crippen LogP) is 3.89. The molecule has 0 saturated carbocycles. The Kier molecular flexibility index (Phi) is 8.33. The number of aromatic amines is 1. The molecule has 5 heterocycles. The molecule has 0 aromatic carbocycles. The quantitative estimate of drug-likeness (QED) is 0.621. The van der Waals surface area contributed by atoms with E-state index in [1.807, 2.05) is 23.1 Å². The van der Waals surface area contributed by atoms with E-state index in [2.05, 4.69) is 46.2 Å². The van der Waals surface area contributed by atoms with E-state index in [-0.39, 0.29) is 47.6 Å². The molecule has 0 radical (unpaired) electrons. The lowest BCUT2D eigenvalue weighted by Crippen LogP contribution is -2.60. The minimum Gasteiger partial charge on any atom is -0.353 e. The lowest BCUT2D eigenvalue weighted by molar-refractivity contribution is -0.141. The van der Waals surface area contributed by atoms with Gasteiger partial charge in [-0.2, -0.15) is 5.10 Å². The maximum Gasteiger partial charge on any atom is 0.271 e. The van der Waals surface area contributed by atoms with Crippen LogP contribution in [0, 0.1) is 23.7 Å². The minimum absolute atomic E-state index is 0.0526. The molecule has 0 unspecified atom stereocenters. The number of piperidine rings is 2. The zero-order valence-corrected chi connectivity index (χ0v) is 23.4. The topological polar surface area (TPSA) is 111 Å². The van der Waals surface area contributed by atoms with Gasteiger partial charge in [0.1, 0.15) is 11.4 Å². The number of fused-ring (bicyclic) bond motifs is 4. The highest BCUT2D eigenvalue weighted by atomic mass is 16.2. The van der Waals surface area contributed by atoms with Crippen LogP contribution in [0.2, 0.25) is 0 Å². The van der Waals surface area contributed by atoms with E-state index >= 15 is 0 Å². The Balaban J connectivity index is 1.30. The number of rotatable bonds is 3. The molecule has 2 bridgehead atoms. The van der Waals surface area contributed by atoms with E-state index in [1.165, 1.54) is 0 Å². The number of likely N-dealkylation sites (tertiary alicyclic amines) is 1.